The lowest BCUT2D eigenvalue weighted by molar-refractivity contribution is 0.180. The molecule has 0 atom stereocenters. The van der Waals surface area contributed by atoms with E-state index >= 15 is 0 Å². The van der Waals surface area contributed by atoms with Gasteiger partial charge in [-0.25, -0.2) is 9.78 Å². The molecule has 1 fully saturated rings. The molecule has 25 heavy (non-hydrogen) atoms. The van der Waals surface area contributed by atoms with Crippen LogP contribution in [0.2, 0.25) is 0 Å². The van der Waals surface area contributed by atoms with Gasteiger partial charge in [0.15, 0.2) is 0 Å². The molecule has 130 valence electrons. The Balaban J connectivity index is 1.35. The maximum Gasteiger partial charge on any atom is 0.317 e. The average Bonchev–Trinajstić information content (AvgIpc) is 3.30. The van der Waals surface area contributed by atoms with Gasteiger partial charge in [-0.05, 0) is 31.4 Å². The van der Waals surface area contributed by atoms with Gasteiger partial charge in [-0.1, -0.05) is 17.3 Å². The molecule has 4 rings (SSSR count). The molecule has 0 radical (unpaired) electrons. The van der Waals surface area contributed by atoms with Crippen molar-refractivity contribution in [3.63, 3.8) is 0 Å². The van der Waals surface area contributed by atoms with Crippen LogP contribution in [0.15, 0.2) is 35.1 Å². The number of H-pyrrole nitrogens is 1. The van der Waals surface area contributed by atoms with Gasteiger partial charge in [0.1, 0.15) is 17.8 Å². The van der Waals surface area contributed by atoms with Crippen molar-refractivity contribution < 1.29 is 9.32 Å². The van der Waals surface area contributed by atoms with Gasteiger partial charge in [0.25, 0.3) is 0 Å². The number of fused-ring (bicyclic) bond motifs is 1. The van der Waals surface area contributed by atoms with Crippen LogP contribution in [-0.4, -0.2) is 39.1 Å². The molecule has 0 saturated carbocycles. The lowest BCUT2D eigenvalue weighted by Crippen LogP contribution is -2.44. The predicted octanol–water partition coefficient (Wildman–Crippen LogP) is 2.95. The molecule has 0 unspecified atom stereocenters. The number of nitrogens with zero attached hydrogens (tertiary/aromatic N) is 3. The summed E-state index contributed by atoms with van der Waals surface area (Å²) in [4.78, 5) is 22.3. The van der Waals surface area contributed by atoms with Gasteiger partial charge in [0.2, 0.25) is 0 Å². The Hall–Kier alpha value is -2.83. The number of nitrogens with one attached hydrogen (secondary N) is 2. The van der Waals surface area contributed by atoms with Gasteiger partial charge in [0.05, 0.1) is 17.6 Å². The highest BCUT2D eigenvalue weighted by molar-refractivity contribution is 5.78. The number of carbonyl (C=O) groups is 1. The Morgan fingerprint density at radius 1 is 1.36 bits per heavy atom. The van der Waals surface area contributed by atoms with Crippen LogP contribution in [0, 0.1) is 6.92 Å². The molecule has 3 heterocycles. The second-order valence-electron chi connectivity index (χ2n) is 6.50. The highest BCUT2D eigenvalue weighted by Crippen LogP contribution is 2.28. The normalized spacial score (nSPS) is 15.6. The van der Waals surface area contributed by atoms with E-state index in [0.717, 1.165) is 48.5 Å². The Labute approximate surface area is 145 Å². The number of benzene rings is 1. The van der Waals surface area contributed by atoms with E-state index in [1.54, 1.807) is 6.07 Å². The molecule has 0 bridgehead atoms. The van der Waals surface area contributed by atoms with Crippen molar-refractivity contribution in [3.05, 3.63) is 47.6 Å². The van der Waals surface area contributed by atoms with E-state index in [1.807, 2.05) is 11.0 Å². The average molecular weight is 339 g/mol. The lowest BCUT2D eigenvalue weighted by atomic mass is 9.96. The summed E-state index contributed by atoms with van der Waals surface area (Å²) in [5.74, 6) is 1.40. The van der Waals surface area contributed by atoms with Crippen molar-refractivity contribution in [2.75, 3.05) is 13.1 Å². The SMILES string of the molecule is Cc1cccc2[nH]c(C3CCN(C(=O)NCc4ccon4)CC3)nc12. The fourth-order valence-corrected chi connectivity index (χ4v) is 3.35. The number of amides is 2. The summed E-state index contributed by atoms with van der Waals surface area (Å²) in [5, 5.41) is 6.67. The van der Waals surface area contributed by atoms with Crippen LogP contribution in [0.5, 0.6) is 0 Å². The van der Waals surface area contributed by atoms with Gasteiger partial charge in [-0.2, -0.15) is 0 Å². The van der Waals surface area contributed by atoms with Crippen molar-refractivity contribution >= 4 is 17.1 Å². The van der Waals surface area contributed by atoms with Gasteiger partial charge >= 0.3 is 6.03 Å². The number of piperidine rings is 1. The fraction of sp³-hybridized carbons (Fsp3) is 0.389. The minimum Gasteiger partial charge on any atom is -0.364 e. The third kappa shape index (κ3) is 3.22. The van der Waals surface area contributed by atoms with Crippen LogP contribution in [-0.2, 0) is 6.54 Å². The maximum absolute atomic E-state index is 12.3. The van der Waals surface area contributed by atoms with Gasteiger partial charge < -0.3 is 19.7 Å². The first-order valence-corrected chi connectivity index (χ1v) is 8.58. The second-order valence-corrected chi connectivity index (χ2v) is 6.50. The highest BCUT2D eigenvalue weighted by atomic mass is 16.5. The number of likely N-dealkylation sites (tertiary alicyclic amines) is 1. The Kier molecular flexibility index (Phi) is 4.13. The van der Waals surface area contributed by atoms with Crippen LogP contribution in [0.25, 0.3) is 11.0 Å². The number of para-hydroxylation sites is 1. The van der Waals surface area contributed by atoms with Crippen LogP contribution >= 0.6 is 0 Å². The van der Waals surface area contributed by atoms with Crippen molar-refractivity contribution in [3.8, 4) is 0 Å². The topological polar surface area (TPSA) is 87.0 Å². The van der Waals surface area contributed by atoms with Crippen LogP contribution in [0.4, 0.5) is 4.79 Å². The Morgan fingerprint density at radius 2 is 2.20 bits per heavy atom. The minimum absolute atomic E-state index is 0.0538. The fourth-order valence-electron chi connectivity index (χ4n) is 3.35. The first-order chi connectivity index (χ1) is 12.2. The predicted molar refractivity (Wildman–Crippen MR) is 93.1 cm³/mol. The number of rotatable bonds is 3. The van der Waals surface area contributed by atoms with E-state index in [4.69, 9.17) is 9.51 Å². The number of imidazole rings is 1. The molecule has 2 N–H and O–H groups in total. The van der Waals surface area contributed by atoms with Crippen LogP contribution < -0.4 is 5.32 Å². The van der Waals surface area contributed by atoms with Crippen molar-refractivity contribution in [1.82, 2.24) is 25.3 Å². The van der Waals surface area contributed by atoms with E-state index in [1.165, 1.54) is 11.8 Å². The molecule has 1 aliphatic heterocycles. The summed E-state index contributed by atoms with van der Waals surface area (Å²) in [6.45, 7) is 3.92. The van der Waals surface area contributed by atoms with E-state index in [9.17, 15) is 4.79 Å². The first kappa shape index (κ1) is 15.7. The zero-order valence-electron chi connectivity index (χ0n) is 14.2. The number of hydrogen-bond donors (Lipinski definition) is 2. The summed E-state index contributed by atoms with van der Waals surface area (Å²) >= 11 is 0. The standard InChI is InChI=1S/C18H21N5O2/c1-12-3-2-4-15-16(12)21-17(20-15)13-5-8-23(9-6-13)18(24)19-11-14-7-10-25-22-14/h2-4,7,10,13H,5-6,8-9,11H2,1H3,(H,19,24)(H,20,21). The van der Waals surface area contributed by atoms with Gasteiger partial charge in [0, 0.05) is 25.1 Å². The quantitative estimate of drug-likeness (QED) is 0.768. The smallest absolute Gasteiger partial charge is 0.317 e. The molecular weight excluding hydrogens is 318 g/mol. The number of aryl methyl sites for hydroxylation is 1. The van der Waals surface area contributed by atoms with E-state index < -0.39 is 0 Å². The molecule has 0 aliphatic carbocycles. The molecule has 7 heteroatoms. The largest absolute Gasteiger partial charge is 0.364 e. The summed E-state index contributed by atoms with van der Waals surface area (Å²) < 4.78 is 4.76. The second kappa shape index (κ2) is 6.58. The van der Waals surface area contributed by atoms with Gasteiger partial charge in [-0.3, -0.25) is 0 Å². The molecule has 2 aromatic heterocycles. The van der Waals surface area contributed by atoms with Crippen molar-refractivity contribution in [2.45, 2.75) is 32.2 Å². The monoisotopic (exact) mass is 339 g/mol. The molecule has 1 saturated heterocycles. The lowest BCUT2D eigenvalue weighted by Gasteiger charge is -2.31. The summed E-state index contributed by atoms with van der Waals surface area (Å²) in [7, 11) is 0. The molecule has 0 spiro atoms. The third-order valence-electron chi connectivity index (χ3n) is 4.81. The van der Waals surface area contributed by atoms with E-state index in [2.05, 4.69) is 34.5 Å². The molecule has 7 nitrogen and oxygen atoms in total. The number of carbonyl (C=O) groups excluding carboxylic acids is 1. The van der Waals surface area contributed by atoms with Crippen LogP contribution in [0.3, 0.4) is 0 Å². The minimum atomic E-state index is -0.0538. The molecule has 1 aromatic carbocycles. The Morgan fingerprint density at radius 3 is 2.92 bits per heavy atom. The van der Waals surface area contributed by atoms with Crippen molar-refractivity contribution in [2.24, 2.45) is 0 Å². The molecule has 3 aromatic rings. The highest BCUT2D eigenvalue weighted by Gasteiger charge is 2.25. The molecular formula is C18H21N5O2. The van der Waals surface area contributed by atoms with E-state index in [0.29, 0.717) is 12.5 Å². The summed E-state index contributed by atoms with van der Waals surface area (Å²) in [5.41, 5.74) is 4.04. The Bertz CT molecular complexity index is 863. The number of aromatic nitrogens is 3. The number of aromatic amines is 1. The maximum atomic E-state index is 12.3. The summed E-state index contributed by atoms with van der Waals surface area (Å²) in [6, 6.07) is 7.87. The zero-order chi connectivity index (χ0) is 17.2. The summed E-state index contributed by atoms with van der Waals surface area (Å²) in [6.07, 6.45) is 3.33. The molecule has 2 amide bonds. The number of urea groups is 1. The van der Waals surface area contributed by atoms with Gasteiger partial charge in [-0.15, -0.1) is 0 Å². The first-order valence-electron chi connectivity index (χ1n) is 8.58. The zero-order valence-corrected chi connectivity index (χ0v) is 14.2. The van der Waals surface area contributed by atoms with Crippen LogP contribution in [0.1, 0.15) is 35.8 Å². The molecule has 1 aliphatic rings. The van der Waals surface area contributed by atoms with Crippen molar-refractivity contribution in [1.29, 1.82) is 0 Å². The number of hydrogen-bond acceptors (Lipinski definition) is 4. The third-order valence-corrected chi connectivity index (χ3v) is 4.81. The van der Waals surface area contributed by atoms with E-state index in [-0.39, 0.29) is 6.03 Å².